The van der Waals surface area contributed by atoms with Crippen LogP contribution in [0.3, 0.4) is 0 Å². The second-order valence-corrected chi connectivity index (χ2v) is 5.36. The number of H-pyrrole nitrogens is 1. The normalized spacial score (nSPS) is 16.4. The maximum absolute atomic E-state index is 11.9. The molecule has 2 rings (SSSR count). The van der Waals surface area contributed by atoms with E-state index >= 15 is 0 Å². The summed E-state index contributed by atoms with van der Waals surface area (Å²) < 4.78 is 5.38. The number of hydrogen-bond acceptors (Lipinski definition) is 3. The fraction of sp³-hybridized carbons (Fsp3) is 0.643. The molecule has 1 aliphatic carbocycles. The van der Waals surface area contributed by atoms with Gasteiger partial charge in [-0.3, -0.25) is 4.79 Å². The molecule has 1 aromatic heterocycles. The van der Waals surface area contributed by atoms with E-state index in [4.69, 9.17) is 4.74 Å². The third-order valence-electron chi connectivity index (χ3n) is 3.24. The molecule has 1 atom stereocenters. The van der Waals surface area contributed by atoms with E-state index in [0.717, 1.165) is 17.9 Å². The SMILES string of the molecule is Cc1cc(C)c(C(=O)NCC(O)COCC2CC2)[nH]1. The van der Waals surface area contributed by atoms with Gasteiger partial charge in [-0.25, -0.2) is 0 Å². The Morgan fingerprint density at radius 3 is 2.89 bits per heavy atom. The van der Waals surface area contributed by atoms with E-state index in [9.17, 15) is 9.90 Å². The van der Waals surface area contributed by atoms with Gasteiger partial charge in [0.1, 0.15) is 5.69 Å². The summed E-state index contributed by atoms with van der Waals surface area (Å²) in [6, 6.07) is 1.92. The van der Waals surface area contributed by atoms with Crippen LogP contribution in [-0.2, 0) is 4.74 Å². The van der Waals surface area contributed by atoms with Crippen molar-refractivity contribution in [2.75, 3.05) is 19.8 Å². The van der Waals surface area contributed by atoms with Crippen LogP contribution >= 0.6 is 0 Å². The second kappa shape index (κ2) is 6.21. The molecule has 19 heavy (non-hydrogen) atoms. The Morgan fingerprint density at radius 2 is 2.32 bits per heavy atom. The fourth-order valence-electron chi connectivity index (χ4n) is 1.98. The molecule has 0 saturated heterocycles. The first kappa shape index (κ1) is 14.1. The molecule has 0 bridgehead atoms. The van der Waals surface area contributed by atoms with Crippen LogP contribution in [0.15, 0.2) is 6.07 Å². The van der Waals surface area contributed by atoms with E-state index in [-0.39, 0.29) is 19.1 Å². The first-order valence-electron chi connectivity index (χ1n) is 6.76. The first-order valence-corrected chi connectivity index (χ1v) is 6.76. The number of rotatable bonds is 7. The van der Waals surface area contributed by atoms with E-state index in [0.29, 0.717) is 11.6 Å². The molecule has 1 saturated carbocycles. The summed E-state index contributed by atoms with van der Waals surface area (Å²) in [6.07, 6.45) is 1.82. The van der Waals surface area contributed by atoms with Crippen LogP contribution in [0.4, 0.5) is 0 Å². The van der Waals surface area contributed by atoms with E-state index in [1.54, 1.807) is 0 Å². The number of aromatic nitrogens is 1. The van der Waals surface area contributed by atoms with Gasteiger partial charge >= 0.3 is 0 Å². The van der Waals surface area contributed by atoms with Gasteiger partial charge in [0.15, 0.2) is 0 Å². The van der Waals surface area contributed by atoms with Crippen molar-refractivity contribution in [1.29, 1.82) is 0 Å². The molecule has 0 spiro atoms. The molecular weight excluding hydrogens is 244 g/mol. The van der Waals surface area contributed by atoms with Gasteiger partial charge in [0, 0.05) is 18.8 Å². The Balaban J connectivity index is 1.68. The minimum atomic E-state index is -0.654. The van der Waals surface area contributed by atoms with Crippen molar-refractivity contribution >= 4 is 5.91 Å². The van der Waals surface area contributed by atoms with Gasteiger partial charge in [-0.15, -0.1) is 0 Å². The van der Waals surface area contributed by atoms with Gasteiger partial charge in [-0.1, -0.05) is 0 Å². The highest BCUT2D eigenvalue weighted by molar-refractivity contribution is 5.93. The number of aryl methyl sites for hydroxylation is 2. The van der Waals surface area contributed by atoms with Crippen LogP contribution in [0.1, 0.15) is 34.6 Å². The second-order valence-electron chi connectivity index (χ2n) is 5.36. The Bertz CT molecular complexity index is 438. The number of carbonyl (C=O) groups excluding carboxylic acids is 1. The molecule has 0 aromatic carbocycles. The fourth-order valence-corrected chi connectivity index (χ4v) is 1.98. The minimum absolute atomic E-state index is 0.188. The lowest BCUT2D eigenvalue weighted by molar-refractivity contribution is 0.0320. The van der Waals surface area contributed by atoms with Crippen LogP contribution in [0.5, 0.6) is 0 Å². The summed E-state index contributed by atoms with van der Waals surface area (Å²) in [5, 5.41) is 12.4. The summed E-state index contributed by atoms with van der Waals surface area (Å²) in [4.78, 5) is 14.9. The number of amides is 1. The molecule has 1 fully saturated rings. The molecule has 0 aliphatic heterocycles. The largest absolute Gasteiger partial charge is 0.389 e. The third-order valence-corrected chi connectivity index (χ3v) is 3.24. The Labute approximate surface area is 113 Å². The molecule has 1 unspecified atom stereocenters. The lowest BCUT2D eigenvalue weighted by Gasteiger charge is -2.12. The monoisotopic (exact) mass is 266 g/mol. The van der Waals surface area contributed by atoms with Gasteiger partial charge in [-0.2, -0.15) is 0 Å². The maximum atomic E-state index is 11.9. The summed E-state index contributed by atoms with van der Waals surface area (Å²) >= 11 is 0. The zero-order valence-corrected chi connectivity index (χ0v) is 11.5. The highest BCUT2D eigenvalue weighted by Gasteiger charge is 2.21. The number of aliphatic hydroxyl groups excluding tert-OH is 1. The van der Waals surface area contributed by atoms with Gasteiger partial charge in [0.25, 0.3) is 5.91 Å². The van der Waals surface area contributed by atoms with Gasteiger partial charge in [-0.05, 0) is 44.2 Å². The van der Waals surface area contributed by atoms with Crippen molar-refractivity contribution in [3.8, 4) is 0 Å². The first-order chi connectivity index (χ1) is 9.06. The standard InChI is InChI=1S/C14H22N2O3/c1-9-5-10(2)16-13(9)14(18)15-6-12(17)8-19-7-11-3-4-11/h5,11-12,16-17H,3-4,6-8H2,1-2H3,(H,15,18). The predicted octanol–water partition coefficient (Wildman–Crippen LogP) is 1.15. The lowest BCUT2D eigenvalue weighted by Crippen LogP contribution is -2.35. The van der Waals surface area contributed by atoms with Crippen molar-refractivity contribution in [3.63, 3.8) is 0 Å². The summed E-state index contributed by atoms with van der Waals surface area (Å²) in [5.74, 6) is 0.498. The molecule has 1 heterocycles. The topological polar surface area (TPSA) is 74.3 Å². The van der Waals surface area contributed by atoms with Crippen molar-refractivity contribution in [1.82, 2.24) is 10.3 Å². The molecule has 5 nitrogen and oxygen atoms in total. The van der Waals surface area contributed by atoms with Crippen molar-refractivity contribution < 1.29 is 14.6 Å². The summed E-state index contributed by atoms with van der Waals surface area (Å²) in [7, 11) is 0. The van der Waals surface area contributed by atoms with E-state index < -0.39 is 6.10 Å². The zero-order chi connectivity index (χ0) is 13.8. The molecule has 1 amide bonds. The quantitative estimate of drug-likeness (QED) is 0.693. The Morgan fingerprint density at radius 1 is 1.58 bits per heavy atom. The van der Waals surface area contributed by atoms with Gasteiger partial charge < -0.3 is 20.1 Å². The maximum Gasteiger partial charge on any atom is 0.268 e. The third kappa shape index (κ3) is 4.36. The summed E-state index contributed by atoms with van der Waals surface area (Å²) in [5.41, 5.74) is 2.43. The number of hydrogen-bond donors (Lipinski definition) is 3. The highest BCUT2D eigenvalue weighted by atomic mass is 16.5. The number of nitrogens with one attached hydrogen (secondary N) is 2. The molecule has 106 valence electrons. The smallest absolute Gasteiger partial charge is 0.268 e. The van der Waals surface area contributed by atoms with Crippen molar-refractivity contribution in [2.24, 2.45) is 5.92 Å². The lowest BCUT2D eigenvalue weighted by atomic mass is 10.2. The number of ether oxygens (including phenoxy) is 1. The number of carbonyl (C=O) groups is 1. The van der Waals surface area contributed by atoms with E-state index in [2.05, 4.69) is 10.3 Å². The molecule has 1 aliphatic rings. The van der Waals surface area contributed by atoms with Crippen molar-refractivity contribution in [2.45, 2.75) is 32.8 Å². The van der Waals surface area contributed by atoms with Crippen LogP contribution in [0, 0.1) is 19.8 Å². The van der Waals surface area contributed by atoms with Crippen LogP contribution < -0.4 is 5.32 Å². The van der Waals surface area contributed by atoms with Gasteiger partial charge in [0.2, 0.25) is 0 Å². The molecule has 0 radical (unpaired) electrons. The van der Waals surface area contributed by atoms with Crippen LogP contribution in [0.2, 0.25) is 0 Å². The molecule has 5 heteroatoms. The summed E-state index contributed by atoms with van der Waals surface area (Å²) in [6.45, 7) is 5.00. The minimum Gasteiger partial charge on any atom is -0.389 e. The highest BCUT2D eigenvalue weighted by Crippen LogP contribution is 2.28. The molecule has 1 aromatic rings. The number of aromatic amines is 1. The van der Waals surface area contributed by atoms with Crippen molar-refractivity contribution in [3.05, 3.63) is 23.0 Å². The molecular formula is C14H22N2O3. The predicted molar refractivity (Wildman–Crippen MR) is 72.1 cm³/mol. The Kier molecular flexibility index (Phi) is 4.61. The van der Waals surface area contributed by atoms with Gasteiger partial charge in [0.05, 0.1) is 12.7 Å². The van der Waals surface area contributed by atoms with E-state index in [1.165, 1.54) is 12.8 Å². The molecule has 3 N–H and O–H groups in total. The van der Waals surface area contributed by atoms with E-state index in [1.807, 2.05) is 19.9 Å². The number of aliphatic hydroxyl groups is 1. The average molecular weight is 266 g/mol. The Hall–Kier alpha value is -1.33. The van der Waals surface area contributed by atoms with Crippen LogP contribution in [0.25, 0.3) is 0 Å². The average Bonchev–Trinajstić information content (AvgIpc) is 3.11. The zero-order valence-electron chi connectivity index (χ0n) is 11.5. The van der Waals surface area contributed by atoms with Crippen LogP contribution in [-0.4, -0.2) is 41.9 Å².